The van der Waals surface area contributed by atoms with Crippen LogP contribution in [0.2, 0.25) is 0 Å². The molecule has 0 aliphatic rings. The highest BCUT2D eigenvalue weighted by molar-refractivity contribution is 5.92. The maximum absolute atomic E-state index is 12.0. The third-order valence-corrected chi connectivity index (χ3v) is 3.23. The highest BCUT2D eigenvalue weighted by atomic mass is 16.5. The Morgan fingerprint density at radius 2 is 1.65 bits per heavy atom. The number of hydrogen-bond acceptors (Lipinski definition) is 3. The average molecular weight is 313 g/mol. The maximum atomic E-state index is 12.0. The van der Waals surface area contributed by atoms with Gasteiger partial charge in [0.05, 0.1) is 6.42 Å². The predicted molar refractivity (Wildman–Crippen MR) is 87.6 cm³/mol. The van der Waals surface area contributed by atoms with E-state index in [2.05, 4.69) is 5.32 Å². The van der Waals surface area contributed by atoms with Crippen molar-refractivity contribution in [2.24, 2.45) is 0 Å². The second-order valence-electron chi connectivity index (χ2n) is 5.65. The number of benzene rings is 2. The molecule has 2 aromatic rings. The van der Waals surface area contributed by atoms with Crippen molar-refractivity contribution in [3.63, 3.8) is 0 Å². The number of aliphatic carboxylic acids is 1. The van der Waals surface area contributed by atoms with Crippen molar-refractivity contribution < 1.29 is 19.4 Å². The van der Waals surface area contributed by atoms with Crippen LogP contribution in [0.5, 0.6) is 5.75 Å². The fraction of sp³-hybridized carbons (Fsp3) is 0.222. The Labute approximate surface area is 134 Å². The number of carboxylic acid groups (broad SMARTS) is 1. The summed E-state index contributed by atoms with van der Waals surface area (Å²) in [6, 6.07) is 16.1. The van der Waals surface area contributed by atoms with Gasteiger partial charge in [-0.05, 0) is 43.7 Å². The molecule has 0 aromatic heterocycles. The van der Waals surface area contributed by atoms with Crippen molar-refractivity contribution in [2.75, 3.05) is 5.32 Å². The van der Waals surface area contributed by atoms with E-state index in [-0.39, 0.29) is 5.91 Å². The van der Waals surface area contributed by atoms with Crippen LogP contribution in [0.25, 0.3) is 0 Å². The smallest absolute Gasteiger partial charge is 0.347 e. The van der Waals surface area contributed by atoms with Crippen LogP contribution in [-0.2, 0) is 16.0 Å². The number of hydrogen-bond donors (Lipinski definition) is 2. The molecule has 0 aliphatic carbocycles. The van der Waals surface area contributed by atoms with Gasteiger partial charge in [-0.1, -0.05) is 30.3 Å². The lowest BCUT2D eigenvalue weighted by Crippen LogP contribution is -2.37. The summed E-state index contributed by atoms with van der Waals surface area (Å²) in [4.78, 5) is 23.0. The van der Waals surface area contributed by atoms with Crippen LogP contribution >= 0.6 is 0 Å². The van der Waals surface area contributed by atoms with E-state index in [0.29, 0.717) is 17.9 Å². The van der Waals surface area contributed by atoms with Gasteiger partial charge in [0.15, 0.2) is 5.60 Å². The highest BCUT2D eigenvalue weighted by Crippen LogP contribution is 2.21. The number of carboxylic acids is 1. The van der Waals surface area contributed by atoms with Gasteiger partial charge < -0.3 is 15.2 Å². The summed E-state index contributed by atoms with van der Waals surface area (Å²) in [5, 5.41) is 11.8. The van der Waals surface area contributed by atoms with Crippen molar-refractivity contribution in [1.29, 1.82) is 0 Å². The molecule has 23 heavy (non-hydrogen) atoms. The molecule has 5 heteroatoms. The SMILES string of the molecule is CC(C)(Oc1ccc(NC(=O)Cc2ccccc2)cc1)C(=O)O. The summed E-state index contributed by atoms with van der Waals surface area (Å²) < 4.78 is 5.41. The van der Waals surface area contributed by atoms with E-state index in [1.165, 1.54) is 13.8 Å². The minimum Gasteiger partial charge on any atom is -0.478 e. The first-order chi connectivity index (χ1) is 10.9. The van der Waals surface area contributed by atoms with E-state index in [9.17, 15) is 9.59 Å². The van der Waals surface area contributed by atoms with Gasteiger partial charge in [0, 0.05) is 5.69 Å². The van der Waals surface area contributed by atoms with Gasteiger partial charge in [-0.2, -0.15) is 0 Å². The Balaban J connectivity index is 1.95. The maximum Gasteiger partial charge on any atom is 0.347 e. The summed E-state index contributed by atoms with van der Waals surface area (Å²) in [6.07, 6.45) is 0.297. The molecule has 120 valence electrons. The summed E-state index contributed by atoms with van der Waals surface area (Å²) in [6.45, 7) is 2.95. The second kappa shape index (κ2) is 6.96. The third kappa shape index (κ3) is 4.85. The minimum atomic E-state index is -1.31. The molecule has 0 radical (unpaired) electrons. The number of carbonyl (C=O) groups excluding carboxylic acids is 1. The number of rotatable bonds is 6. The molecular weight excluding hydrogens is 294 g/mol. The number of carbonyl (C=O) groups is 2. The van der Waals surface area contributed by atoms with Crippen LogP contribution < -0.4 is 10.1 Å². The lowest BCUT2D eigenvalue weighted by atomic mass is 10.1. The molecular formula is C18H19NO4. The largest absolute Gasteiger partial charge is 0.478 e. The first-order valence-corrected chi connectivity index (χ1v) is 7.23. The molecule has 2 N–H and O–H groups in total. The van der Waals surface area contributed by atoms with Crippen LogP contribution in [0.3, 0.4) is 0 Å². The third-order valence-electron chi connectivity index (χ3n) is 3.23. The van der Waals surface area contributed by atoms with Gasteiger partial charge in [-0.3, -0.25) is 4.79 Å². The van der Waals surface area contributed by atoms with E-state index in [0.717, 1.165) is 5.56 Å². The van der Waals surface area contributed by atoms with Gasteiger partial charge in [-0.25, -0.2) is 4.79 Å². The fourth-order valence-electron chi connectivity index (χ4n) is 1.93. The fourth-order valence-corrected chi connectivity index (χ4v) is 1.93. The van der Waals surface area contributed by atoms with Gasteiger partial charge >= 0.3 is 5.97 Å². The monoisotopic (exact) mass is 313 g/mol. The molecule has 0 aliphatic heterocycles. The van der Waals surface area contributed by atoms with Crippen molar-refractivity contribution in [3.8, 4) is 5.75 Å². The Hall–Kier alpha value is -2.82. The second-order valence-corrected chi connectivity index (χ2v) is 5.65. The number of amides is 1. The molecule has 0 atom stereocenters. The molecule has 2 rings (SSSR count). The summed E-state index contributed by atoms with van der Waals surface area (Å²) in [5.41, 5.74) is 0.262. The molecule has 0 fully saturated rings. The average Bonchev–Trinajstić information content (AvgIpc) is 2.50. The highest BCUT2D eigenvalue weighted by Gasteiger charge is 2.29. The Bertz CT molecular complexity index is 678. The number of nitrogens with one attached hydrogen (secondary N) is 1. The van der Waals surface area contributed by atoms with Gasteiger partial charge in [0.25, 0.3) is 0 Å². The topological polar surface area (TPSA) is 75.6 Å². The molecule has 0 spiro atoms. The standard InChI is InChI=1S/C18H19NO4/c1-18(2,17(21)22)23-15-10-8-14(9-11-15)19-16(20)12-13-6-4-3-5-7-13/h3-11H,12H2,1-2H3,(H,19,20)(H,21,22). The van der Waals surface area contributed by atoms with E-state index >= 15 is 0 Å². The van der Waals surface area contributed by atoms with Crippen LogP contribution in [0.15, 0.2) is 54.6 Å². The first-order valence-electron chi connectivity index (χ1n) is 7.23. The van der Waals surface area contributed by atoms with Crippen molar-refractivity contribution >= 4 is 17.6 Å². The zero-order valence-corrected chi connectivity index (χ0v) is 13.1. The van der Waals surface area contributed by atoms with Gasteiger partial charge in [-0.15, -0.1) is 0 Å². The van der Waals surface area contributed by atoms with Gasteiger partial charge in [0.1, 0.15) is 5.75 Å². The summed E-state index contributed by atoms with van der Waals surface area (Å²) >= 11 is 0. The molecule has 5 nitrogen and oxygen atoms in total. The van der Waals surface area contributed by atoms with E-state index in [4.69, 9.17) is 9.84 Å². The number of anilines is 1. The number of ether oxygens (including phenoxy) is 1. The van der Waals surface area contributed by atoms with E-state index in [1.54, 1.807) is 24.3 Å². The van der Waals surface area contributed by atoms with Crippen LogP contribution in [0.1, 0.15) is 19.4 Å². The van der Waals surface area contributed by atoms with Crippen molar-refractivity contribution in [3.05, 3.63) is 60.2 Å². The van der Waals surface area contributed by atoms with Gasteiger partial charge in [0.2, 0.25) is 5.91 Å². The van der Waals surface area contributed by atoms with Crippen LogP contribution in [-0.4, -0.2) is 22.6 Å². The summed E-state index contributed by atoms with van der Waals surface area (Å²) in [7, 11) is 0. The lowest BCUT2D eigenvalue weighted by molar-refractivity contribution is -0.152. The molecule has 0 bridgehead atoms. The minimum absolute atomic E-state index is 0.115. The Kier molecular flexibility index (Phi) is 5.01. The Morgan fingerprint density at radius 3 is 2.22 bits per heavy atom. The lowest BCUT2D eigenvalue weighted by Gasteiger charge is -2.21. The normalized spacial score (nSPS) is 10.9. The van der Waals surface area contributed by atoms with Crippen LogP contribution in [0, 0.1) is 0 Å². The van der Waals surface area contributed by atoms with Crippen molar-refractivity contribution in [2.45, 2.75) is 25.9 Å². The molecule has 0 saturated heterocycles. The molecule has 0 saturated carbocycles. The summed E-state index contributed by atoms with van der Waals surface area (Å²) in [5.74, 6) is -0.730. The molecule has 1 amide bonds. The zero-order valence-electron chi connectivity index (χ0n) is 13.1. The first kappa shape index (κ1) is 16.5. The van der Waals surface area contributed by atoms with Crippen molar-refractivity contribution in [1.82, 2.24) is 0 Å². The molecule has 0 heterocycles. The van der Waals surface area contributed by atoms with E-state index < -0.39 is 11.6 Å². The zero-order chi connectivity index (χ0) is 16.9. The molecule has 0 unspecified atom stereocenters. The molecule has 2 aromatic carbocycles. The Morgan fingerprint density at radius 1 is 1.04 bits per heavy atom. The van der Waals surface area contributed by atoms with Crippen LogP contribution in [0.4, 0.5) is 5.69 Å². The quantitative estimate of drug-likeness (QED) is 0.859. The van der Waals surface area contributed by atoms with E-state index in [1.807, 2.05) is 30.3 Å². The predicted octanol–water partition coefficient (Wildman–Crippen LogP) is 3.11.